The molecule has 1 N–H and O–H groups in total. The van der Waals surface area contributed by atoms with Gasteiger partial charge in [0.15, 0.2) is 11.5 Å². The molecule has 2 unspecified atom stereocenters. The second kappa shape index (κ2) is 7.43. The zero-order valence-electron chi connectivity index (χ0n) is 16.2. The lowest BCUT2D eigenvalue weighted by molar-refractivity contribution is -0.127. The van der Waals surface area contributed by atoms with Gasteiger partial charge in [0, 0.05) is 24.7 Å². The fourth-order valence-corrected chi connectivity index (χ4v) is 4.53. The molecular formula is C23H24N2O4. The number of hydrogen-bond donors (Lipinski definition) is 1. The van der Waals surface area contributed by atoms with E-state index in [4.69, 9.17) is 9.47 Å². The van der Waals surface area contributed by atoms with E-state index in [0.29, 0.717) is 31.3 Å². The minimum Gasteiger partial charge on any atom is -0.486 e. The Morgan fingerprint density at radius 2 is 1.90 bits per heavy atom. The fraction of sp³-hybridized carbons (Fsp3) is 0.391. The molecule has 2 aliphatic heterocycles. The van der Waals surface area contributed by atoms with E-state index < -0.39 is 0 Å². The van der Waals surface area contributed by atoms with Crippen LogP contribution in [-0.2, 0) is 16.0 Å². The quantitative estimate of drug-likeness (QED) is 0.872. The number of ether oxygens (including phenoxy) is 2. The molecule has 2 atom stereocenters. The van der Waals surface area contributed by atoms with E-state index in [-0.39, 0.29) is 30.2 Å². The van der Waals surface area contributed by atoms with Gasteiger partial charge in [-0.1, -0.05) is 24.3 Å². The standard InChI is InChI=1S/C23H24N2O4/c26-22-12-16(14-25(22)17-8-9-20-21(13-17)29-11-10-28-20)23(27)24-19-7-3-5-15-4-1-2-6-18(15)19/h1-2,4,6,8-9,13,16,19H,3,5,7,10-12,14H2,(H,24,27). The van der Waals surface area contributed by atoms with E-state index in [1.165, 1.54) is 11.1 Å². The molecule has 0 bridgehead atoms. The Bertz CT molecular complexity index is 958. The summed E-state index contributed by atoms with van der Waals surface area (Å²) >= 11 is 0. The van der Waals surface area contributed by atoms with Crippen molar-refractivity contribution in [3.8, 4) is 11.5 Å². The molecule has 1 aliphatic carbocycles. The third-order valence-corrected chi connectivity index (χ3v) is 6.02. The lowest BCUT2D eigenvalue weighted by Gasteiger charge is -2.27. The zero-order valence-corrected chi connectivity index (χ0v) is 16.2. The maximum Gasteiger partial charge on any atom is 0.227 e. The van der Waals surface area contributed by atoms with Crippen LogP contribution in [0.1, 0.15) is 36.4 Å². The molecule has 150 valence electrons. The first-order valence-electron chi connectivity index (χ1n) is 10.3. The third-order valence-electron chi connectivity index (χ3n) is 6.02. The van der Waals surface area contributed by atoms with E-state index in [0.717, 1.165) is 24.9 Å². The predicted octanol–water partition coefficient (Wildman–Crippen LogP) is 3.00. The predicted molar refractivity (Wildman–Crippen MR) is 108 cm³/mol. The second-order valence-electron chi connectivity index (χ2n) is 7.89. The lowest BCUT2D eigenvalue weighted by Crippen LogP contribution is -2.36. The minimum absolute atomic E-state index is 0.0332. The van der Waals surface area contributed by atoms with Gasteiger partial charge in [0.2, 0.25) is 11.8 Å². The van der Waals surface area contributed by atoms with Crippen molar-refractivity contribution in [2.45, 2.75) is 31.7 Å². The summed E-state index contributed by atoms with van der Waals surface area (Å²) in [6, 6.07) is 13.8. The number of aryl methyl sites for hydroxylation is 1. The van der Waals surface area contributed by atoms with Gasteiger partial charge in [0.05, 0.1) is 12.0 Å². The largest absolute Gasteiger partial charge is 0.486 e. The number of nitrogens with one attached hydrogen (secondary N) is 1. The van der Waals surface area contributed by atoms with Crippen molar-refractivity contribution in [1.29, 1.82) is 0 Å². The van der Waals surface area contributed by atoms with Crippen LogP contribution >= 0.6 is 0 Å². The van der Waals surface area contributed by atoms with Crippen LogP contribution in [0.4, 0.5) is 5.69 Å². The number of amides is 2. The van der Waals surface area contributed by atoms with Crippen molar-refractivity contribution in [3.63, 3.8) is 0 Å². The number of carbonyl (C=O) groups excluding carboxylic acids is 2. The summed E-state index contributed by atoms with van der Waals surface area (Å²) < 4.78 is 11.2. The van der Waals surface area contributed by atoms with Crippen LogP contribution in [0.2, 0.25) is 0 Å². The summed E-state index contributed by atoms with van der Waals surface area (Å²) in [6.45, 7) is 1.42. The van der Waals surface area contributed by atoms with Crippen LogP contribution in [0.5, 0.6) is 11.5 Å². The molecule has 6 nitrogen and oxygen atoms in total. The van der Waals surface area contributed by atoms with Gasteiger partial charge in [0.25, 0.3) is 0 Å². The Kier molecular flexibility index (Phi) is 4.62. The normalized spacial score (nSPS) is 22.9. The molecule has 0 spiro atoms. The Labute approximate surface area is 169 Å². The molecule has 2 amide bonds. The molecule has 2 aromatic carbocycles. The summed E-state index contributed by atoms with van der Waals surface area (Å²) in [4.78, 5) is 27.2. The van der Waals surface area contributed by atoms with Crippen LogP contribution in [0.15, 0.2) is 42.5 Å². The monoisotopic (exact) mass is 392 g/mol. The summed E-state index contributed by atoms with van der Waals surface area (Å²) in [5, 5.41) is 3.20. The number of carbonyl (C=O) groups is 2. The summed E-state index contributed by atoms with van der Waals surface area (Å²) in [5.74, 6) is 0.918. The van der Waals surface area contributed by atoms with Gasteiger partial charge in [-0.05, 0) is 42.5 Å². The Hall–Kier alpha value is -3.02. The average Bonchev–Trinajstić information content (AvgIpc) is 3.15. The maximum absolute atomic E-state index is 12.9. The van der Waals surface area contributed by atoms with E-state index in [9.17, 15) is 9.59 Å². The molecule has 29 heavy (non-hydrogen) atoms. The fourth-order valence-electron chi connectivity index (χ4n) is 4.53. The number of anilines is 1. The SMILES string of the molecule is O=C(NC1CCCc2ccccc21)C1CC(=O)N(c2ccc3c(c2)OCCO3)C1. The van der Waals surface area contributed by atoms with E-state index in [1.807, 2.05) is 30.3 Å². The first-order chi connectivity index (χ1) is 14.2. The smallest absolute Gasteiger partial charge is 0.227 e. The van der Waals surface area contributed by atoms with Crippen molar-refractivity contribution in [2.24, 2.45) is 5.92 Å². The van der Waals surface area contributed by atoms with Crippen LogP contribution in [0.3, 0.4) is 0 Å². The summed E-state index contributed by atoms with van der Waals surface area (Å²) in [6.07, 6.45) is 3.29. The average molecular weight is 392 g/mol. The molecule has 0 radical (unpaired) electrons. The highest BCUT2D eigenvalue weighted by Crippen LogP contribution is 2.36. The molecular weight excluding hydrogens is 368 g/mol. The second-order valence-corrected chi connectivity index (χ2v) is 7.89. The Morgan fingerprint density at radius 1 is 1.07 bits per heavy atom. The van der Waals surface area contributed by atoms with Crippen molar-refractivity contribution in [3.05, 3.63) is 53.6 Å². The van der Waals surface area contributed by atoms with Crippen LogP contribution in [-0.4, -0.2) is 31.6 Å². The number of fused-ring (bicyclic) bond motifs is 2. The molecule has 1 fully saturated rings. The topological polar surface area (TPSA) is 67.9 Å². The van der Waals surface area contributed by atoms with Crippen molar-refractivity contribution in [2.75, 3.05) is 24.7 Å². The van der Waals surface area contributed by atoms with Crippen LogP contribution < -0.4 is 19.7 Å². The first kappa shape index (κ1) is 18.0. The number of rotatable bonds is 3. The Morgan fingerprint density at radius 3 is 2.79 bits per heavy atom. The van der Waals surface area contributed by atoms with Crippen molar-refractivity contribution in [1.82, 2.24) is 5.32 Å². The van der Waals surface area contributed by atoms with Gasteiger partial charge in [-0.3, -0.25) is 9.59 Å². The lowest BCUT2D eigenvalue weighted by atomic mass is 9.87. The number of hydrogen-bond acceptors (Lipinski definition) is 4. The number of benzene rings is 2. The van der Waals surface area contributed by atoms with Crippen molar-refractivity contribution < 1.29 is 19.1 Å². The van der Waals surface area contributed by atoms with E-state index in [2.05, 4.69) is 17.4 Å². The van der Waals surface area contributed by atoms with Crippen LogP contribution in [0, 0.1) is 5.92 Å². The molecule has 1 saturated heterocycles. The van der Waals surface area contributed by atoms with Crippen molar-refractivity contribution >= 4 is 17.5 Å². The molecule has 3 aliphatic rings. The first-order valence-corrected chi connectivity index (χ1v) is 10.3. The molecule has 2 heterocycles. The molecule has 6 heteroatoms. The van der Waals surface area contributed by atoms with Gasteiger partial charge in [-0.25, -0.2) is 0 Å². The summed E-state index contributed by atoms with van der Waals surface area (Å²) in [7, 11) is 0. The summed E-state index contributed by atoms with van der Waals surface area (Å²) in [5.41, 5.74) is 3.27. The third kappa shape index (κ3) is 3.43. The van der Waals surface area contributed by atoms with Gasteiger partial charge < -0.3 is 19.7 Å². The van der Waals surface area contributed by atoms with Gasteiger partial charge in [-0.15, -0.1) is 0 Å². The van der Waals surface area contributed by atoms with Crippen LogP contribution in [0.25, 0.3) is 0 Å². The van der Waals surface area contributed by atoms with Gasteiger partial charge >= 0.3 is 0 Å². The highest BCUT2D eigenvalue weighted by molar-refractivity contribution is 6.00. The molecule has 2 aromatic rings. The number of nitrogens with zero attached hydrogens (tertiary/aromatic N) is 1. The maximum atomic E-state index is 12.9. The Balaban J connectivity index is 1.29. The van der Waals surface area contributed by atoms with E-state index in [1.54, 1.807) is 4.90 Å². The highest BCUT2D eigenvalue weighted by Gasteiger charge is 2.36. The zero-order chi connectivity index (χ0) is 19.8. The van der Waals surface area contributed by atoms with E-state index >= 15 is 0 Å². The van der Waals surface area contributed by atoms with Gasteiger partial charge in [0.1, 0.15) is 13.2 Å². The molecule has 0 aromatic heterocycles. The molecule has 5 rings (SSSR count). The van der Waals surface area contributed by atoms with Gasteiger partial charge in [-0.2, -0.15) is 0 Å². The minimum atomic E-state index is -0.343. The highest BCUT2D eigenvalue weighted by atomic mass is 16.6. The molecule has 0 saturated carbocycles.